The smallest absolute Gasteiger partial charge is 0.270 e. The maximum Gasteiger partial charge on any atom is 0.270 e. The molecule has 1 aromatic rings. The van der Waals surface area contributed by atoms with E-state index < -0.39 is 4.92 Å². The molecule has 0 unspecified atom stereocenters. The fourth-order valence-electron chi connectivity index (χ4n) is 1.44. The lowest BCUT2D eigenvalue weighted by Crippen LogP contribution is -2.31. The zero-order valence-corrected chi connectivity index (χ0v) is 11.6. The minimum Gasteiger partial charge on any atom is -0.375 e. The number of nitro groups is 1. The van der Waals surface area contributed by atoms with Gasteiger partial charge in [0.25, 0.3) is 5.69 Å². The van der Waals surface area contributed by atoms with Crippen LogP contribution in [0, 0.1) is 13.7 Å². The van der Waals surface area contributed by atoms with Crippen molar-refractivity contribution in [3.8, 4) is 0 Å². The molecule has 18 heavy (non-hydrogen) atoms. The largest absolute Gasteiger partial charge is 0.375 e. The summed E-state index contributed by atoms with van der Waals surface area (Å²) in [5, 5.41) is 16.4. The van der Waals surface area contributed by atoms with E-state index in [2.05, 4.69) is 10.6 Å². The summed E-state index contributed by atoms with van der Waals surface area (Å²) >= 11 is 2.01. The molecule has 1 aromatic carbocycles. The Morgan fingerprint density at radius 2 is 2.22 bits per heavy atom. The molecule has 1 aliphatic rings. The van der Waals surface area contributed by atoms with Gasteiger partial charge in [-0.05, 0) is 41.5 Å². The number of carbonyl (C=O) groups is 1. The second-order valence-corrected chi connectivity index (χ2v) is 5.28. The highest BCUT2D eigenvalue weighted by Gasteiger charge is 2.22. The Bertz CT molecular complexity index is 488. The standard InChI is InChI=1S/C11H12IN3O3/c12-9-5-8(15(17)18)3-4-10(9)13-6-11(16)14-7-1-2-7/h3-5,7,13H,1-2,6H2,(H,14,16). The van der Waals surface area contributed by atoms with Crippen LogP contribution in [0.25, 0.3) is 0 Å². The number of carbonyl (C=O) groups excluding carboxylic acids is 1. The topological polar surface area (TPSA) is 84.3 Å². The third-order valence-corrected chi connectivity index (χ3v) is 3.44. The molecular weight excluding hydrogens is 349 g/mol. The van der Waals surface area contributed by atoms with Crippen LogP contribution < -0.4 is 10.6 Å². The first-order valence-corrected chi connectivity index (χ1v) is 6.61. The molecule has 2 N–H and O–H groups in total. The average Bonchev–Trinajstić information content (AvgIpc) is 3.11. The lowest BCUT2D eigenvalue weighted by atomic mass is 10.3. The van der Waals surface area contributed by atoms with Crippen molar-refractivity contribution in [1.82, 2.24) is 5.32 Å². The Balaban J connectivity index is 1.92. The maximum atomic E-state index is 11.5. The normalized spacial score (nSPS) is 14.1. The van der Waals surface area contributed by atoms with Crippen LogP contribution in [-0.4, -0.2) is 23.4 Å². The van der Waals surface area contributed by atoms with Gasteiger partial charge >= 0.3 is 0 Å². The quantitative estimate of drug-likeness (QED) is 0.477. The first-order chi connectivity index (χ1) is 8.56. The molecule has 0 atom stereocenters. The third-order valence-electron chi connectivity index (χ3n) is 2.55. The molecule has 0 bridgehead atoms. The second-order valence-electron chi connectivity index (χ2n) is 4.12. The van der Waals surface area contributed by atoms with E-state index in [9.17, 15) is 14.9 Å². The van der Waals surface area contributed by atoms with E-state index in [1.54, 1.807) is 6.07 Å². The molecule has 1 fully saturated rings. The SMILES string of the molecule is O=C(CNc1ccc([N+](=O)[O-])cc1I)NC1CC1. The summed E-state index contributed by atoms with van der Waals surface area (Å²) in [6, 6.07) is 4.85. The van der Waals surface area contributed by atoms with Gasteiger partial charge in [0, 0.05) is 27.4 Å². The van der Waals surface area contributed by atoms with Gasteiger partial charge in [0.15, 0.2) is 0 Å². The first-order valence-electron chi connectivity index (χ1n) is 5.53. The number of non-ortho nitro benzene ring substituents is 1. The van der Waals surface area contributed by atoms with Crippen molar-refractivity contribution in [2.24, 2.45) is 0 Å². The lowest BCUT2D eigenvalue weighted by molar-refractivity contribution is -0.384. The number of halogens is 1. The van der Waals surface area contributed by atoms with Gasteiger partial charge in [-0.25, -0.2) is 0 Å². The predicted octanol–water partition coefficient (Wildman–Crippen LogP) is 1.89. The van der Waals surface area contributed by atoms with E-state index in [0.717, 1.165) is 22.1 Å². The van der Waals surface area contributed by atoms with Crippen LogP contribution in [0.2, 0.25) is 0 Å². The summed E-state index contributed by atoms with van der Waals surface area (Å²) in [6.07, 6.45) is 2.11. The molecule has 0 spiro atoms. The van der Waals surface area contributed by atoms with Crippen molar-refractivity contribution in [3.63, 3.8) is 0 Å². The molecule has 0 radical (unpaired) electrons. The second kappa shape index (κ2) is 5.51. The summed E-state index contributed by atoms with van der Waals surface area (Å²) in [7, 11) is 0. The van der Waals surface area contributed by atoms with Crippen molar-refractivity contribution in [1.29, 1.82) is 0 Å². The Kier molecular flexibility index (Phi) is 4.00. The number of benzene rings is 1. The van der Waals surface area contributed by atoms with Crippen molar-refractivity contribution in [2.75, 3.05) is 11.9 Å². The van der Waals surface area contributed by atoms with Crippen LogP contribution in [0.15, 0.2) is 18.2 Å². The molecular formula is C11H12IN3O3. The van der Waals surface area contributed by atoms with Crippen LogP contribution in [0.5, 0.6) is 0 Å². The number of nitrogens with one attached hydrogen (secondary N) is 2. The molecule has 2 rings (SSSR count). The highest BCUT2D eigenvalue weighted by Crippen LogP contribution is 2.23. The van der Waals surface area contributed by atoms with E-state index in [-0.39, 0.29) is 18.1 Å². The van der Waals surface area contributed by atoms with Crippen LogP contribution in [0.4, 0.5) is 11.4 Å². The molecule has 0 saturated heterocycles. The van der Waals surface area contributed by atoms with Crippen molar-refractivity contribution >= 4 is 39.9 Å². The van der Waals surface area contributed by atoms with Crippen LogP contribution >= 0.6 is 22.6 Å². The number of hydrogen-bond donors (Lipinski definition) is 2. The Morgan fingerprint density at radius 3 is 2.78 bits per heavy atom. The van der Waals surface area contributed by atoms with Gasteiger partial charge in [0.1, 0.15) is 0 Å². The Morgan fingerprint density at radius 1 is 1.50 bits per heavy atom. The van der Waals surface area contributed by atoms with Gasteiger partial charge in [0.05, 0.1) is 11.5 Å². The minimum absolute atomic E-state index is 0.0485. The summed E-state index contributed by atoms with van der Waals surface area (Å²) in [5.74, 6) is -0.0494. The number of nitrogens with zero attached hydrogens (tertiary/aromatic N) is 1. The van der Waals surface area contributed by atoms with Crippen molar-refractivity contribution in [2.45, 2.75) is 18.9 Å². The van der Waals surface area contributed by atoms with E-state index >= 15 is 0 Å². The molecule has 1 aliphatic carbocycles. The van der Waals surface area contributed by atoms with Gasteiger partial charge in [-0.2, -0.15) is 0 Å². The lowest BCUT2D eigenvalue weighted by Gasteiger charge is -2.08. The molecule has 7 heteroatoms. The van der Waals surface area contributed by atoms with E-state index in [0.29, 0.717) is 6.04 Å². The number of rotatable bonds is 5. The highest BCUT2D eigenvalue weighted by atomic mass is 127. The first kappa shape index (κ1) is 13.1. The van der Waals surface area contributed by atoms with Crippen LogP contribution in [-0.2, 0) is 4.79 Å². The molecule has 1 amide bonds. The molecule has 0 aromatic heterocycles. The number of hydrogen-bond acceptors (Lipinski definition) is 4. The van der Waals surface area contributed by atoms with Crippen molar-refractivity contribution in [3.05, 3.63) is 31.9 Å². The summed E-state index contributed by atoms with van der Waals surface area (Å²) < 4.78 is 0.723. The van der Waals surface area contributed by atoms with E-state index in [1.807, 2.05) is 22.6 Å². The van der Waals surface area contributed by atoms with Gasteiger partial charge in [-0.1, -0.05) is 0 Å². The maximum absolute atomic E-state index is 11.5. The Hall–Kier alpha value is -1.38. The fraction of sp³-hybridized carbons (Fsp3) is 0.364. The zero-order chi connectivity index (χ0) is 13.1. The number of nitro benzene ring substituents is 1. The van der Waals surface area contributed by atoms with E-state index in [1.165, 1.54) is 12.1 Å². The van der Waals surface area contributed by atoms with Gasteiger partial charge < -0.3 is 10.6 Å². The molecule has 6 nitrogen and oxygen atoms in total. The monoisotopic (exact) mass is 361 g/mol. The number of anilines is 1. The van der Waals surface area contributed by atoms with Crippen LogP contribution in [0.3, 0.4) is 0 Å². The van der Waals surface area contributed by atoms with Gasteiger partial charge in [-0.15, -0.1) is 0 Å². The third kappa shape index (κ3) is 3.56. The molecule has 0 aliphatic heterocycles. The predicted molar refractivity (Wildman–Crippen MR) is 75.5 cm³/mol. The highest BCUT2D eigenvalue weighted by molar-refractivity contribution is 14.1. The minimum atomic E-state index is -0.439. The summed E-state index contributed by atoms with van der Waals surface area (Å²) in [5.41, 5.74) is 0.777. The van der Waals surface area contributed by atoms with Gasteiger partial charge in [0.2, 0.25) is 5.91 Å². The van der Waals surface area contributed by atoms with Crippen LogP contribution in [0.1, 0.15) is 12.8 Å². The average molecular weight is 361 g/mol. The molecule has 96 valence electrons. The Labute approximate surface area is 117 Å². The van der Waals surface area contributed by atoms with Crippen molar-refractivity contribution < 1.29 is 9.72 Å². The van der Waals surface area contributed by atoms with Gasteiger partial charge in [-0.3, -0.25) is 14.9 Å². The summed E-state index contributed by atoms with van der Waals surface area (Å²) in [4.78, 5) is 21.6. The molecule has 0 heterocycles. The zero-order valence-electron chi connectivity index (χ0n) is 9.48. The van der Waals surface area contributed by atoms with E-state index in [4.69, 9.17) is 0 Å². The molecule has 1 saturated carbocycles. The number of amides is 1. The fourth-order valence-corrected chi connectivity index (χ4v) is 2.13. The summed E-state index contributed by atoms with van der Waals surface area (Å²) in [6.45, 7) is 0.185.